The molecule has 1 aromatic heterocycles. The average Bonchev–Trinajstić information content (AvgIpc) is 2.59. The van der Waals surface area contributed by atoms with Gasteiger partial charge in [0.05, 0.1) is 0 Å². The van der Waals surface area contributed by atoms with Crippen molar-refractivity contribution in [1.29, 1.82) is 0 Å². The lowest BCUT2D eigenvalue weighted by Crippen LogP contribution is -2.55. The second-order valence-corrected chi connectivity index (χ2v) is 6.54. The van der Waals surface area contributed by atoms with E-state index in [4.69, 9.17) is 0 Å². The molecular weight excluding hydrogens is 298 g/mol. The summed E-state index contributed by atoms with van der Waals surface area (Å²) < 4.78 is 0. The Balaban J connectivity index is 1.79. The molecule has 1 aliphatic heterocycles. The van der Waals surface area contributed by atoms with E-state index in [9.17, 15) is 4.79 Å². The Kier molecular flexibility index (Phi) is 5.59. The molecule has 1 saturated heterocycles. The van der Waals surface area contributed by atoms with Crippen LogP contribution in [0.15, 0.2) is 54.9 Å². The number of carbonyl (C=O) groups is 1. The second kappa shape index (κ2) is 8.06. The minimum Gasteiger partial charge on any atom is -0.352 e. The predicted octanol–water partition coefficient (Wildman–Crippen LogP) is 2.79. The van der Waals surface area contributed by atoms with Crippen LogP contribution in [0.4, 0.5) is 0 Å². The Bertz CT molecular complexity index is 644. The largest absolute Gasteiger partial charge is 0.352 e. The molecule has 0 aliphatic carbocycles. The van der Waals surface area contributed by atoms with Crippen molar-refractivity contribution in [2.75, 3.05) is 6.54 Å². The lowest BCUT2D eigenvalue weighted by molar-refractivity contribution is -0.120. The van der Waals surface area contributed by atoms with E-state index >= 15 is 0 Å². The van der Waals surface area contributed by atoms with Crippen LogP contribution in [0.5, 0.6) is 0 Å². The number of hydrogen-bond donors (Lipinski definition) is 1. The van der Waals surface area contributed by atoms with Crippen molar-refractivity contribution < 1.29 is 4.79 Å². The number of amides is 1. The summed E-state index contributed by atoms with van der Waals surface area (Å²) in [5.41, 5.74) is 2.54. The third-order valence-corrected chi connectivity index (χ3v) is 4.68. The van der Waals surface area contributed by atoms with Crippen LogP contribution in [0.3, 0.4) is 0 Å². The number of piperidine rings is 1. The number of benzene rings is 1. The summed E-state index contributed by atoms with van der Waals surface area (Å²) in [5, 5.41) is 3.17. The van der Waals surface area contributed by atoms with Crippen LogP contribution in [0.25, 0.3) is 0 Å². The van der Waals surface area contributed by atoms with Crippen LogP contribution < -0.4 is 5.32 Å². The Morgan fingerprint density at radius 2 is 2.00 bits per heavy atom. The normalized spacial score (nSPS) is 21.4. The maximum atomic E-state index is 11.6. The van der Waals surface area contributed by atoms with Gasteiger partial charge < -0.3 is 5.32 Å². The summed E-state index contributed by atoms with van der Waals surface area (Å²) in [6, 6.07) is 15.2. The summed E-state index contributed by atoms with van der Waals surface area (Å²) in [5.74, 6) is 0.0567. The van der Waals surface area contributed by atoms with Gasteiger partial charge >= 0.3 is 0 Å². The molecule has 0 unspecified atom stereocenters. The second-order valence-electron chi connectivity index (χ2n) is 6.54. The Morgan fingerprint density at radius 1 is 1.21 bits per heavy atom. The zero-order chi connectivity index (χ0) is 16.8. The summed E-state index contributed by atoms with van der Waals surface area (Å²) in [6.07, 6.45) is 6.84. The van der Waals surface area contributed by atoms with Crippen LogP contribution in [-0.4, -0.2) is 34.4 Å². The highest BCUT2D eigenvalue weighted by molar-refractivity contribution is 5.73. The summed E-state index contributed by atoms with van der Waals surface area (Å²) in [4.78, 5) is 18.4. The first-order chi connectivity index (χ1) is 11.7. The van der Waals surface area contributed by atoms with Gasteiger partial charge in [0.25, 0.3) is 0 Å². The molecule has 24 heavy (non-hydrogen) atoms. The zero-order valence-corrected chi connectivity index (χ0v) is 14.2. The molecule has 1 N–H and O–H groups in total. The first-order valence-electron chi connectivity index (χ1n) is 8.66. The van der Waals surface area contributed by atoms with E-state index in [0.717, 1.165) is 32.4 Å². The van der Waals surface area contributed by atoms with Crippen LogP contribution in [0.1, 0.15) is 30.9 Å². The molecule has 0 bridgehead atoms. The summed E-state index contributed by atoms with van der Waals surface area (Å²) >= 11 is 0. The molecule has 2 heterocycles. The number of hydrogen-bond acceptors (Lipinski definition) is 3. The number of nitrogens with zero attached hydrogens (tertiary/aromatic N) is 2. The molecule has 126 valence electrons. The monoisotopic (exact) mass is 323 g/mol. The van der Waals surface area contributed by atoms with Crippen molar-refractivity contribution in [3.05, 3.63) is 66.0 Å². The van der Waals surface area contributed by atoms with Crippen molar-refractivity contribution in [2.45, 2.75) is 44.8 Å². The quantitative estimate of drug-likeness (QED) is 0.920. The summed E-state index contributed by atoms with van der Waals surface area (Å²) in [6.45, 7) is 3.55. The number of carbonyl (C=O) groups excluding carboxylic acids is 1. The molecule has 1 amide bonds. The maximum Gasteiger partial charge on any atom is 0.217 e. The van der Waals surface area contributed by atoms with Gasteiger partial charge in [-0.2, -0.15) is 0 Å². The van der Waals surface area contributed by atoms with Gasteiger partial charge in [-0.05, 0) is 43.0 Å². The summed E-state index contributed by atoms with van der Waals surface area (Å²) in [7, 11) is 0. The Labute approximate surface area is 143 Å². The first kappa shape index (κ1) is 16.7. The molecule has 1 aliphatic rings. The molecule has 0 radical (unpaired) electrons. The van der Waals surface area contributed by atoms with E-state index in [1.807, 2.05) is 18.3 Å². The van der Waals surface area contributed by atoms with Crippen molar-refractivity contribution >= 4 is 5.91 Å². The van der Waals surface area contributed by atoms with Gasteiger partial charge in [0.15, 0.2) is 0 Å². The number of rotatable bonds is 5. The Morgan fingerprint density at radius 3 is 2.71 bits per heavy atom. The number of nitrogens with one attached hydrogen (secondary N) is 1. The number of likely N-dealkylation sites (tertiary alicyclic amines) is 1. The van der Waals surface area contributed by atoms with E-state index in [2.05, 4.69) is 45.5 Å². The van der Waals surface area contributed by atoms with E-state index in [1.54, 1.807) is 13.1 Å². The third kappa shape index (κ3) is 4.42. The molecule has 4 nitrogen and oxygen atoms in total. The van der Waals surface area contributed by atoms with Gasteiger partial charge in [-0.15, -0.1) is 0 Å². The highest BCUT2D eigenvalue weighted by atomic mass is 16.1. The molecular formula is C20H25N3O. The molecule has 3 rings (SSSR count). The lowest BCUT2D eigenvalue weighted by Gasteiger charge is -2.41. The maximum absolute atomic E-state index is 11.6. The molecule has 1 aromatic carbocycles. The first-order valence-corrected chi connectivity index (χ1v) is 8.66. The molecule has 2 atom stereocenters. The Hall–Kier alpha value is -2.20. The third-order valence-electron chi connectivity index (χ3n) is 4.68. The van der Waals surface area contributed by atoms with Crippen molar-refractivity contribution in [1.82, 2.24) is 15.2 Å². The predicted molar refractivity (Wildman–Crippen MR) is 95.4 cm³/mol. The number of pyridine rings is 1. The van der Waals surface area contributed by atoms with Gasteiger partial charge in [0.2, 0.25) is 5.91 Å². The highest BCUT2D eigenvalue weighted by Crippen LogP contribution is 2.23. The SMILES string of the molecule is CC(=O)N[C@H]1CCCN(Cc2cccnc2)[C@H]1Cc1ccccc1. The van der Waals surface area contributed by atoms with Gasteiger partial charge in [0, 0.05) is 37.9 Å². The molecule has 4 heteroatoms. The average molecular weight is 323 g/mol. The number of aromatic nitrogens is 1. The molecule has 1 fully saturated rings. The highest BCUT2D eigenvalue weighted by Gasteiger charge is 2.32. The fourth-order valence-corrected chi connectivity index (χ4v) is 3.61. The van der Waals surface area contributed by atoms with Gasteiger partial charge in [-0.1, -0.05) is 36.4 Å². The standard InChI is InChI=1S/C20H25N3O/c1-16(24)22-19-10-6-12-23(15-18-9-5-11-21-14-18)20(19)13-17-7-3-2-4-8-17/h2-5,7-9,11,14,19-20H,6,10,12-13,15H2,1H3,(H,22,24)/t19-,20-/m0/s1. The molecule has 0 spiro atoms. The van der Waals surface area contributed by atoms with Gasteiger partial charge in [-0.3, -0.25) is 14.7 Å². The lowest BCUT2D eigenvalue weighted by atomic mass is 9.90. The molecule has 2 aromatic rings. The smallest absolute Gasteiger partial charge is 0.217 e. The van der Waals surface area contributed by atoms with Crippen LogP contribution in [0, 0.1) is 0 Å². The van der Waals surface area contributed by atoms with Gasteiger partial charge in [-0.25, -0.2) is 0 Å². The van der Waals surface area contributed by atoms with E-state index < -0.39 is 0 Å². The van der Waals surface area contributed by atoms with Crippen LogP contribution >= 0.6 is 0 Å². The van der Waals surface area contributed by atoms with Crippen molar-refractivity contribution in [2.24, 2.45) is 0 Å². The van der Waals surface area contributed by atoms with Crippen LogP contribution in [0.2, 0.25) is 0 Å². The van der Waals surface area contributed by atoms with E-state index in [0.29, 0.717) is 6.04 Å². The fourth-order valence-electron chi connectivity index (χ4n) is 3.61. The van der Waals surface area contributed by atoms with E-state index in [-0.39, 0.29) is 11.9 Å². The molecule has 0 saturated carbocycles. The van der Waals surface area contributed by atoms with Crippen LogP contribution in [-0.2, 0) is 17.8 Å². The van der Waals surface area contributed by atoms with Crippen molar-refractivity contribution in [3.8, 4) is 0 Å². The van der Waals surface area contributed by atoms with Gasteiger partial charge in [0.1, 0.15) is 0 Å². The minimum atomic E-state index is 0.0567. The van der Waals surface area contributed by atoms with Crippen molar-refractivity contribution in [3.63, 3.8) is 0 Å². The zero-order valence-electron chi connectivity index (χ0n) is 14.2. The van der Waals surface area contributed by atoms with E-state index in [1.165, 1.54) is 11.1 Å². The minimum absolute atomic E-state index is 0.0567. The fraction of sp³-hybridized carbons (Fsp3) is 0.400. The topological polar surface area (TPSA) is 45.2 Å².